The Bertz CT molecular complexity index is 990. The maximum absolute atomic E-state index is 5.90. The molecule has 3 aromatic rings. The maximum Gasteiger partial charge on any atom is 0.213 e. The van der Waals surface area contributed by atoms with Gasteiger partial charge in [0.1, 0.15) is 18.1 Å². The lowest BCUT2D eigenvalue weighted by atomic mass is 10.1. The van der Waals surface area contributed by atoms with Crippen LogP contribution in [-0.4, -0.2) is 34.4 Å². The Morgan fingerprint density at radius 3 is 2.67 bits per heavy atom. The molecular weight excluding hydrogens is 380 g/mol. The second-order valence-corrected chi connectivity index (χ2v) is 7.44. The first kappa shape index (κ1) is 20.1. The molecule has 4 heterocycles. The van der Waals surface area contributed by atoms with Gasteiger partial charge in [0.15, 0.2) is 0 Å². The second-order valence-electron chi connectivity index (χ2n) is 7.44. The van der Waals surface area contributed by atoms with Crippen molar-refractivity contribution in [1.82, 2.24) is 20.4 Å². The summed E-state index contributed by atoms with van der Waals surface area (Å²) < 4.78 is 16.7. The van der Waals surface area contributed by atoms with Crippen molar-refractivity contribution in [1.29, 1.82) is 0 Å². The minimum Gasteiger partial charge on any atom is -0.473 e. The fraction of sp³-hybridized carbons (Fsp3) is 0.348. The topological polar surface area (TPSA) is 82.3 Å². The molecular formula is C23H26N4O3. The van der Waals surface area contributed by atoms with Crippen molar-refractivity contribution in [3.8, 4) is 17.1 Å². The molecule has 0 aliphatic carbocycles. The number of ether oxygens (including phenoxy) is 2. The lowest BCUT2D eigenvalue weighted by Crippen LogP contribution is -2.33. The summed E-state index contributed by atoms with van der Waals surface area (Å²) in [6, 6.07) is 8.14. The summed E-state index contributed by atoms with van der Waals surface area (Å²) in [7, 11) is 0. The molecule has 0 atom stereocenters. The summed E-state index contributed by atoms with van der Waals surface area (Å²) in [6.07, 6.45) is 5.55. The average Bonchev–Trinajstić information content (AvgIpc) is 3.14. The molecule has 3 aromatic heterocycles. The van der Waals surface area contributed by atoms with E-state index in [1.807, 2.05) is 38.1 Å². The van der Waals surface area contributed by atoms with Crippen molar-refractivity contribution in [2.24, 2.45) is 0 Å². The van der Waals surface area contributed by atoms with Crippen LogP contribution in [0.4, 0.5) is 0 Å². The summed E-state index contributed by atoms with van der Waals surface area (Å²) in [5.41, 5.74) is 5.29. The molecule has 0 aromatic carbocycles. The lowest BCUT2D eigenvalue weighted by molar-refractivity contribution is 0.0819. The van der Waals surface area contributed by atoms with Crippen LogP contribution in [0.2, 0.25) is 0 Å². The van der Waals surface area contributed by atoms with Crippen molar-refractivity contribution in [2.45, 2.75) is 39.3 Å². The number of aromatic nitrogens is 3. The molecule has 4 rings (SSSR count). The Labute approximate surface area is 176 Å². The van der Waals surface area contributed by atoms with Crippen molar-refractivity contribution in [3.63, 3.8) is 0 Å². The van der Waals surface area contributed by atoms with E-state index in [-0.39, 0.29) is 0 Å². The molecule has 1 aliphatic rings. The minimum absolute atomic E-state index is 0.312. The summed E-state index contributed by atoms with van der Waals surface area (Å²) >= 11 is 0. The fourth-order valence-electron chi connectivity index (χ4n) is 3.36. The minimum atomic E-state index is 0.312. The van der Waals surface area contributed by atoms with E-state index >= 15 is 0 Å². The molecule has 1 fully saturated rings. The highest BCUT2D eigenvalue weighted by molar-refractivity contribution is 5.63. The van der Waals surface area contributed by atoms with Gasteiger partial charge in [0.05, 0.1) is 5.56 Å². The quantitative estimate of drug-likeness (QED) is 0.633. The molecule has 7 nitrogen and oxygen atoms in total. The van der Waals surface area contributed by atoms with Gasteiger partial charge >= 0.3 is 0 Å². The highest BCUT2D eigenvalue weighted by Crippen LogP contribution is 2.26. The molecule has 0 amide bonds. The molecule has 1 aliphatic heterocycles. The predicted molar refractivity (Wildman–Crippen MR) is 114 cm³/mol. The number of rotatable bonds is 7. The van der Waals surface area contributed by atoms with Gasteiger partial charge in [-0.3, -0.25) is 4.98 Å². The first-order chi connectivity index (χ1) is 14.6. The molecule has 0 bridgehead atoms. The third-order valence-corrected chi connectivity index (χ3v) is 5.22. The monoisotopic (exact) mass is 406 g/mol. The van der Waals surface area contributed by atoms with Crippen LogP contribution in [0.5, 0.6) is 5.88 Å². The molecule has 0 saturated carbocycles. The van der Waals surface area contributed by atoms with Crippen LogP contribution in [-0.2, 0) is 11.3 Å². The van der Waals surface area contributed by atoms with Gasteiger partial charge < -0.3 is 19.3 Å². The Hall–Kier alpha value is -3.19. The fourth-order valence-corrected chi connectivity index (χ4v) is 3.36. The van der Waals surface area contributed by atoms with Gasteiger partial charge in [-0.25, -0.2) is 4.98 Å². The third kappa shape index (κ3) is 4.68. The average molecular weight is 406 g/mol. The van der Waals surface area contributed by atoms with Crippen molar-refractivity contribution in [2.75, 3.05) is 13.2 Å². The van der Waals surface area contributed by atoms with Crippen LogP contribution in [0.1, 0.15) is 35.4 Å². The van der Waals surface area contributed by atoms with Crippen molar-refractivity contribution < 1.29 is 14.0 Å². The van der Waals surface area contributed by atoms with E-state index in [1.54, 1.807) is 12.4 Å². The maximum atomic E-state index is 5.90. The molecule has 0 unspecified atom stereocenters. The summed E-state index contributed by atoms with van der Waals surface area (Å²) in [6.45, 7) is 9.86. The van der Waals surface area contributed by atoms with Gasteiger partial charge in [0.25, 0.3) is 0 Å². The van der Waals surface area contributed by atoms with Crippen LogP contribution in [0.25, 0.3) is 17.0 Å². The van der Waals surface area contributed by atoms with E-state index in [0.717, 1.165) is 65.6 Å². The van der Waals surface area contributed by atoms with E-state index in [0.29, 0.717) is 18.5 Å². The second kappa shape index (κ2) is 9.09. The Balaban J connectivity index is 1.39. The molecule has 7 heteroatoms. The zero-order valence-corrected chi connectivity index (χ0v) is 17.4. The van der Waals surface area contributed by atoms with Gasteiger partial charge in [-0.2, -0.15) is 0 Å². The largest absolute Gasteiger partial charge is 0.473 e. The van der Waals surface area contributed by atoms with Gasteiger partial charge in [-0.1, -0.05) is 11.7 Å². The highest BCUT2D eigenvalue weighted by atomic mass is 16.5. The van der Waals surface area contributed by atoms with Gasteiger partial charge in [-0.05, 0) is 44.9 Å². The van der Waals surface area contributed by atoms with E-state index in [4.69, 9.17) is 14.0 Å². The molecule has 1 saturated heterocycles. The van der Waals surface area contributed by atoms with Crippen LogP contribution < -0.4 is 10.1 Å². The number of pyridine rings is 2. The van der Waals surface area contributed by atoms with Gasteiger partial charge in [0.2, 0.25) is 5.88 Å². The number of nitrogens with one attached hydrogen (secondary N) is 1. The summed E-state index contributed by atoms with van der Waals surface area (Å²) in [4.78, 5) is 8.76. The number of aryl methyl sites for hydroxylation is 2. The van der Waals surface area contributed by atoms with E-state index < -0.39 is 0 Å². The number of nitrogens with zero attached hydrogens (tertiary/aromatic N) is 3. The van der Waals surface area contributed by atoms with Crippen LogP contribution in [0, 0.1) is 13.8 Å². The van der Waals surface area contributed by atoms with Crippen LogP contribution in [0.3, 0.4) is 0 Å². The van der Waals surface area contributed by atoms with Crippen molar-refractivity contribution >= 4 is 5.70 Å². The number of hydrogen-bond donors (Lipinski definition) is 1. The molecule has 1 N–H and O–H groups in total. The van der Waals surface area contributed by atoms with Crippen LogP contribution in [0.15, 0.2) is 47.8 Å². The van der Waals surface area contributed by atoms with Crippen molar-refractivity contribution in [3.05, 3.63) is 65.8 Å². The third-order valence-electron chi connectivity index (χ3n) is 5.22. The lowest BCUT2D eigenvalue weighted by Gasteiger charge is -2.25. The zero-order valence-electron chi connectivity index (χ0n) is 17.4. The highest BCUT2D eigenvalue weighted by Gasteiger charge is 2.17. The van der Waals surface area contributed by atoms with E-state index in [1.165, 1.54) is 0 Å². The molecule has 0 spiro atoms. The van der Waals surface area contributed by atoms with E-state index in [9.17, 15) is 0 Å². The predicted octanol–water partition coefficient (Wildman–Crippen LogP) is 4.07. The summed E-state index contributed by atoms with van der Waals surface area (Å²) in [5.74, 6) is 1.25. The first-order valence-electron chi connectivity index (χ1n) is 10.1. The molecule has 156 valence electrons. The number of hydrogen-bond acceptors (Lipinski definition) is 7. The molecule has 30 heavy (non-hydrogen) atoms. The SMILES string of the molecule is C=C(NC1CCOCC1)c1ccc(OCc2c(-c3ccc(C)nc3)noc2C)nc1. The Kier molecular flexibility index (Phi) is 6.09. The van der Waals surface area contributed by atoms with E-state index in [2.05, 4.69) is 27.0 Å². The first-order valence-corrected chi connectivity index (χ1v) is 10.1. The smallest absolute Gasteiger partial charge is 0.213 e. The van der Waals surface area contributed by atoms with Gasteiger partial charge in [-0.15, -0.1) is 0 Å². The summed E-state index contributed by atoms with van der Waals surface area (Å²) in [5, 5.41) is 7.64. The Morgan fingerprint density at radius 1 is 1.13 bits per heavy atom. The standard InChI is InChI=1S/C23H26N4O3/c1-15-4-5-19(13-24-15)23-21(17(3)30-27-23)14-29-22-7-6-18(12-25-22)16(2)26-20-8-10-28-11-9-20/h4-7,12-13,20,26H,2,8-11,14H2,1,3H3. The zero-order chi connectivity index (χ0) is 20.9. The Morgan fingerprint density at radius 2 is 1.97 bits per heavy atom. The van der Waals surface area contributed by atoms with Gasteiger partial charge in [0, 0.05) is 60.2 Å². The normalized spacial score (nSPS) is 14.5. The van der Waals surface area contributed by atoms with Crippen LogP contribution >= 0.6 is 0 Å². The molecule has 0 radical (unpaired) electrons.